The maximum absolute atomic E-state index is 9.23. The molecule has 0 radical (unpaired) electrons. The number of nitrogens with zero attached hydrogens (tertiary/aromatic N) is 2. The standard InChI is InChI=1S/C60H36N2O/c1-3-12-37(13-4-1)55-56(38-14-5-2-6-15-38)60(51-31-28-41-24-23-39-16-9-17-40-27-30-50(51)54(41)53(39)40)63-59(55)45-19-10-18-44(36-45)46-32-33-49(48-22-8-7-21-47(46)48)52-34-29-43-26-25-42-20-11-35-61-57(42)58(43)62-52/h1-36H/i11D,20D,25D,26D,29D,34D,35D. The van der Waals surface area contributed by atoms with Crippen molar-refractivity contribution in [2.24, 2.45) is 0 Å². The van der Waals surface area contributed by atoms with Crippen molar-refractivity contribution in [3.8, 4) is 67.3 Å². The molecule has 63 heavy (non-hydrogen) atoms. The summed E-state index contributed by atoms with van der Waals surface area (Å²) >= 11 is 0. The smallest absolute Gasteiger partial charge is 0.143 e. The molecule has 0 atom stereocenters. The first kappa shape index (κ1) is 29.0. The van der Waals surface area contributed by atoms with Gasteiger partial charge in [0, 0.05) is 44.8 Å². The summed E-state index contributed by atoms with van der Waals surface area (Å²) < 4.78 is 68.4. The highest BCUT2D eigenvalue weighted by molar-refractivity contribution is 6.26. The minimum absolute atomic E-state index is 0.0139. The molecule has 0 N–H and O–H groups in total. The molecule has 0 spiro atoms. The Morgan fingerprint density at radius 3 is 1.73 bits per heavy atom. The van der Waals surface area contributed by atoms with Gasteiger partial charge in [0.15, 0.2) is 0 Å². The molecule has 13 rings (SSSR count). The Morgan fingerprint density at radius 2 is 0.952 bits per heavy atom. The maximum Gasteiger partial charge on any atom is 0.143 e. The highest BCUT2D eigenvalue weighted by Crippen LogP contribution is 2.51. The molecule has 3 heterocycles. The third kappa shape index (κ3) is 5.60. The number of furan rings is 1. The van der Waals surface area contributed by atoms with Crippen LogP contribution in [0, 0.1) is 0 Å². The van der Waals surface area contributed by atoms with E-state index in [2.05, 4.69) is 126 Å². The van der Waals surface area contributed by atoms with Crippen LogP contribution in [0.1, 0.15) is 9.60 Å². The van der Waals surface area contributed by atoms with Gasteiger partial charge in [-0.05, 0) is 89.6 Å². The van der Waals surface area contributed by atoms with Gasteiger partial charge in [0.05, 0.1) is 26.3 Å². The molecule has 3 heteroatoms. The van der Waals surface area contributed by atoms with E-state index in [9.17, 15) is 1.37 Å². The predicted molar refractivity (Wildman–Crippen MR) is 263 cm³/mol. The molecule has 0 unspecified atom stereocenters. The van der Waals surface area contributed by atoms with Crippen molar-refractivity contribution >= 4 is 64.9 Å². The molecule has 0 fully saturated rings. The Kier molecular flexibility index (Phi) is 6.48. The van der Waals surface area contributed by atoms with Gasteiger partial charge >= 0.3 is 0 Å². The summed E-state index contributed by atoms with van der Waals surface area (Å²) in [7, 11) is 0. The number of hydrogen-bond donors (Lipinski definition) is 0. The van der Waals surface area contributed by atoms with Gasteiger partial charge in [-0.25, -0.2) is 4.98 Å². The van der Waals surface area contributed by atoms with Crippen molar-refractivity contribution in [3.05, 3.63) is 218 Å². The molecule has 0 saturated carbocycles. The largest absolute Gasteiger partial charge is 0.455 e. The average molecular weight is 808 g/mol. The zero-order chi connectivity index (χ0) is 47.5. The van der Waals surface area contributed by atoms with Crippen LogP contribution >= 0.6 is 0 Å². The van der Waals surface area contributed by atoms with Crippen molar-refractivity contribution < 1.29 is 14.0 Å². The lowest BCUT2D eigenvalue weighted by Gasteiger charge is -2.14. The monoisotopic (exact) mass is 807 g/mol. The molecule has 0 aliphatic heterocycles. The number of rotatable bonds is 6. The van der Waals surface area contributed by atoms with Crippen LogP contribution in [-0.2, 0) is 0 Å². The minimum atomic E-state index is -0.469. The number of benzene rings is 10. The normalized spacial score (nSPS) is 13.4. The molecule has 0 aliphatic carbocycles. The van der Waals surface area contributed by atoms with Crippen molar-refractivity contribution in [2.45, 2.75) is 0 Å². The first-order valence-corrected chi connectivity index (χ1v) is 20.9. The molecule has 0 saturated heterocycles. The fourth-order valence-corrected chi connectivity index (χ4v) is 9.55. The molecular weight excluding hydrogens is 765 g/mol. The van der Waals surface area contributed by atoms with E-state index in [1.54, 1.807) is 0 Å². The third-order valence-corrected chi connectivity index (χ3v) is 12.4. The molecule has 0 bridgehead atoms. The van der Waals surface area contributed by atoms with Crippen molar-refractivity contribution in [1.29, 1.82) is 0 Å². The van der Waals surface area contributed by atoms with Gasteiger partial charge in [0.2, 0.25) is 0 Å². The zero-order valence-corrected chi connectivity index (χ0v) is 33.5. The van der Waals surface area contributed by atoms with Crippen LogP contribution in [0.3, 0.4) is 0 Å². The molecule has 10 aromatic carbocycles. The Labute approximate surface area is 373 Å². The molecule has 3 aromatic heterocycles. The van der Waals surface area contributed by atoms with Crippen LogP contribution in [0.2, 0.25) is 0 Å². The summed E-state index contributed by atoms with van der Waals surface area (Å²) in [4.78, 5) is 9.14. The second-order valence-corrected chi connectivity index (χ2v) is 15.9. The van der Waals surface area contributed by atoms with Gasteiger partial charge < -0.3 is 4.42 Å². The summed E-state index contributed by atoms with van der Waals surface area (Å²) in [5, 5.41) is 8.62. The number of hydrogen-bond acceptors (Lipinski definition) is 3. The highest BCUT2D eigenvalue weighted by atomic mass is 16.3. The Balaban J connectivity index is 1.02. The second kappa shape index (κ2) is 14.1. The SMILES string of the molecule is [2H]c1nc2c(c([2H])c1[2H])c([2H])c([2H])c1c([2H])c([2H])c(-c3ccc(-c4cccc(-c5oc(-c6ccc7ccc8cccc9ccc6c7c89)c(-c6ccccc6)c5-c5ccccc5)c4)c4ccccc34)nc12. The number of pyridine rings is 2. The Hall–Kier alpha value is -8.40. The van der Waals surface area contributed by atoms with E-state index in [4.69, 9.17) is 17.6 Å². The molecule has 3 nitrogen and oxygen atoms in total. The summed E-state index contributed by atoms with van der Waals surface area (Å²) in [6, 6.07) is 58.5. The summed E-state index contributed by atoms with van der Waals surface area (Å²) in [6.07, 6.45) is -0.469. The first-order valence-electron chi connectivity index (χ1n) is 24.4. The molecule has 0 aliphatic rings. The summed E-state index contributed by atoms with van der Waals surface area (Å²) in [5.41, 5.74) is 8.52. The number of fused-ring (bicyclic) bond motifs is 4. The van der Waals surface area contributed by atoms with Gasteiger partial charge in [-0.1, -0.05) is 188 Å². The quantitative estimate of drug-likeness (QED) is 0.157. The van der Waals surface area contributed by atoms with E-state index >= 15 is 0 Å². The van der Waals surface area contributed by atoms with Crippen LogP contribution in [0.4, 0.5) is 0 Å². The summed E-state index contributed by atoms with van der Waals surface area (Å²) in [5.74, 6) is 1.50. The molecule has 292 valence electrons. The highest BCUT2D eigenvalue weighted by Gasteiger charge is 2.27. The topological polar surface area (TPSA) is 38.9 Å². The van der Waals surface area contributed by atoms with Crippen LogP contribution in [0.15, 0.2) is 223 Å². The fraction of sp³-hybridized carbons (Fsp3) is 0. The van der Waals surface area contributed by atoms with Gasteiger partial charge in [0.1, 0.15) is 11.5 Å². The van der Waals surface area contributed by atoms with Crippen LogP contribution in [0.25, 0.3) is 132 Å². The van der Waals surface area contributed by atoms with Gasteiger partial charge in [-0.3, -0.25) is 4.98 Å². The van der Waals surface area contributed by atoms with E-state index in [0.29, 0.717) is 5.56 Å². The number of aromatic nitrogens is 2. The van der Waals surface area contributed by atoms with E-state index in [1.165, 1.54) is 26.9 Å². The lowest BCUT2D eigenvalue weighted by Crippen LogP contribution is -1.91. The molecule has 0 amide bonds. The zero-order valence-electron chi connectivity index (χ0n) is 40.5. The van der Waals surface area contributed by atoms with Gasteiger partial charge in [-0.2, -0.15) is 0 Å². The van der Waals surface area contributed by atoms with Crippen molar-refractivity contribution in [3.63, 3.8) is 0 Å². The Bertz CT molecular complexity index is 4310. The average Bonchev–Trinajstić information content (AvgIpc) is 3.80. The Morgan fingerprint density at radius 1 is 0.381 bits per heavy atom. The van der Waals surface area contributed by atoms with Crippen LogP contribution in [-0.4, -0.2) is 9.97 Å². The fourth-order valence-electron chi connectivity index (χ4n) is 9.55. The summed E-state index contributed by atoms with van der Waals surface area (Å²) in [6.45, 7) is 0. The third-order valence-electron chi connectivity index (χ3n) is 12.4. The second-order valence-electron chi connectivity index (χ2n) is 15.9. The van der Waals surface area contributed by atoms with Crippen molar-refractivity contribution in [2.75, 3.05) is 0 Å². The van der Waals surface area contributed by atoms with E-state index in [0.717, 1.165) is 72.2 Å². The lowest BCUT2D eigenvalue weighted by atomic mass is 9.88. The van der Waals surface area contributed by atoms with Gasteiger partial charge in [-0.15, -0.1) is 0 Å². The minimum Gasteiger partial charge on any atom is -0.455 e. The van der Waals surface area contributed by atoms with E-state index in [-0.39, 0.29) is 45.6 Å². The molecular formula is C60H36N2O. The lowest BCUT2D eigenvalue weighted by molar-refractivity contribution is 0.599. The van der Waals surface area contributed by atoms with E-state index in [1.807, 2.05) is 54.6 Å². The van der Waals surface area contributed by atoms with Gasteiger partial charge in [0.25, 0.3) is 0 Å². The first-order chi connectivity index (χ1) is 34.2. The van der Waals surface area contributed by atoms with Crippen LogP contribution in [0.5, 0.6) is 0 Å². The van der Waals surface area contributed by atoms with E-state index < -0.39 is 24.3 Å². The maximum atomic E-state index is 9.23. The molecule has 13 aromatic rings. The predicted octanol–water partition coefficient (Wildman–Crippen LogP) is 16.4. The van der Waals surface area contributed by atoms with Crippen molar-refractivity contribution in [1.82, 2.24) is 9.97 Å². The van der Waals surface area contributed by atoms with Crippen LogP contribution < -0.4 is 0 Å².